The molecule has 0 amide bonds. The van der Waals surface area contributed by atoms with Gasteiger partial charge in [-0.15, -0.1) is 0 Å². The Morgan fingerprint density at radius 1 is 0.815 bits per heavy atom. The number of carboxylic acids is 1. The van der Waals surface area contributed by atoms with E-state index < -0.39 is 5.97 Å². The van der Waals surface area contributed by atoms with Crippen molar-refractivity contribution >= 4 is 16.7 Å². The highest BCUT2D eigenvalue weighted by atomic mass is 16.4. The van der Waals surface area contributed by atoms with E-state index in [1.165, 1.54) is 22.8 Å². The van der Waals surface area contributed by atoms with Crippen LogP contribution >= 0.6 is 0 Å². The molecule has 0 bridgehead atoms. The molecule has 142 valence electrons. The van der Waals surface area contributed by atoms with Crippen LogP contribution in [0.5, 0.6) is 0 Å². The number of carbonyl (C=O) groups is 1. The number of hydrogen-bond donors (Lipinski definition) is 1. The predicted molar refractivity (Wildman–Crippen MR) is 115 cm³/mol. The van der Waals surface area contributed by atoms with E-state index in [0.29, 0.717) is 17.4 Å². The summed E-state index contributed by atoms with van der Waals surface area (Å²) in [6, 6.07) is 22.5. The van der Waals surface area contributed by atoms with Gasteiger partial charge < -0.3 is 5.11 Å². The van der Waals surface area contributed by atoms with Gasteiger partial charge in [-0.3, -0.25) is 0 Å². The molecule has 0 aliphatic rings. The lowest BCUT2D eigenvalue weighted by molar-refractivity contribution is 0.0695. The Kier molecular flexibility index (Phi) is 7.60. The van der Waals surface area contributed by atoms with Crippen molar-refractivity contribution in [1.29, 1.82) is 0 Å². The van der Waals surface area contributed by atoms with Gasteiger partial charge in [0, 0.05) is 0 Å². The number of carboxylic acid groups (broad SMARTS) is 1. The van der Waals surface area contributed by atoms with Gasteiger partial charge in [-0.2, -0.15) is 0 Å². The number of hydrogen-bond acceptors (Lipinski definition) is 1. The number of benzene rings is 3. The van der Waals surface area contributed by atoms with E-state index in [0.717, 1.165) is 12.0 Å². The Hall–Kier alpha value is -2.61. The first-order chi connectivity index (χ1) is 13.0. The van der Waals surface area contributed by atoms with E-state index in [1.54, 1.807) is 12.1 Å². The van der Waals surface area contributed by atoms with Crippen molar-refractivity contribution in [2.45, 2.75) is 52.4 Å². The zero-order valence-electron chi connectivity index (χ0n) is 16.8. The fourth-order valence-corrected chi connectivity index (χ4v) is 3.09. The van der Waals surface area contributed by atoms with E-state index >= 15 is 0 Å². The van der Waals surface area contributed by atoms with Gasteiger partial charge in [0.15, 0.2) is 0 Å². The average Bonchev–Trinajstić information content (AvgIpc) is 2.72. The van der Waals surface area contributed by atoms with Crippen LogP contribution in [0.4, 0.5) is 0 Å². The molecule has 0 heterocycles. The summed E-state index contributed by atoms with van der Waals surface area (Å²) in [6.07, 6.45) is 2.17. The minimum absolute atomic E-state index is 0.312. The third-order valence-corrected chi connectivity index (χ3v) is 5.29. The second kappa shape index (κ2) is 9.91. The number of fused-ring (bicyclic) bond motifs is 1. The first-order valence-corrected chi connectivity index (χ1v) is 9.78. The molecule has 2 atom stereocenters. The van der Waals surface area contributed by atoms with E-state index in [9.17, 15) is 4.79 Å². The molecule has 3 aromatic rings. The Morgan fingerprint density at radius 3 is 2.04 bits per heavy atom. The lowest BCUT2D eigenvalue weighted by atomic mass is 9.94. The summed E-state index contributed by atoms with van der Waals surface area (Å²) in [5.41, 5.74) is 2.81. The van der Waals surface area contributed by atoms with Crippen LogP contribution < -0.4 is 0 Å². The van der Waals surface area contributed by atoms with Crippen molar-refractivity contribution in [2.24, 2.45) is 0 Å². The SMILES string of the molecule is CCC(C)c1ccc2ccccc2c1.CCC(C)c1ccccc1C(=O)O. The summed E-state index contributed by atoms with van der Waals surface area (Å²) in [6.45, 7) is 8.62. The van der Waals surface area contributed by atoms with Crippen LogP contribution in [0, 0.1) is 0 Å². The Morgan fingerprint density at radius 2 is 1.41 bits per heavy atom. The van der Waals surface area contributed by atoms with Crippen LogP contribution in [0.15, 0.2) is 66.7 Å². The molecule has 0 saturated carbocycles. The van der Waals surface area contributed by atoms with Gasteiger partial charge in [0.05, 0.1) is 5.56 Å². The molecule has 0 aliphatic heterocycles. The van der Waals surface area contributed by atoms with Crippen molar-refractivity contribution < 1.29 is 9.90 Å². The fraction of sp³-hybridized carbons (Fsp3) is 0.320. The maximum absolute atomic E-state index is 10.8. The summed E-state index contributed by atoms with van der Waals surface area (Å²) in [4.78, 5) is 10.8. The highest BCUT2D eigenvalue weighted by Crippen LogP contribution is 2.23. The van der Waals surface area contributed by atoms with E-state index in [4.69, 9.17) is 5.11 Å². The normalized spacial score (nSPS) is 12.7. The lowest BCUT2D eigenvalue weighted by Crippen LogP contribution is -2.04. The highest BCUT2D eigenvalue weighted by molar-refractivity contribution is 5.89. The molecule has 0 fully saturated rings. The quantitative estimate of drug-likeness (QED) is 0.519. The van der Waals surface area contributed by atoms with Crippen molar-refractivity contribution in [2.75, 3.05) is 0 Å². The van der Waals surface area contributed by atoms with Gasteiger partial charge in [-0.25, -0.2) is 4.79 Å². The molecule has 1 N–H and O–H groups in total. The van der Waals surface area contributed by atoms with Crippen LogP contribution in [0.2, 0.25) is 0 Å². The smallest absolute Gasteiger partial charge is 0.335 e. The largest absolute Gasteiger partial charge is 0.478 e. The van der Waals surface area contributed by atoms with Crippen LogP contribution in [0.1, 0.15) is 73.9 Å². The maximum atomic E-state index is 10.8. The van der Waals surface area contributed by atoms with Crippen LogP contribution in [-0.2, 0) is 0 Å². The van der Waals surface area contributed by atoms with Crippen LogP contribution in [0.3, 0.4) is 0 Å². The zero-order chi connectivity index (χ0) is 19.8. The van der Waals surface area contributed by atoms with Gasteiger partial charge in [0.2, 0.25) is 0 Å². The predicted octanol–water partition coefficient (Wildman–Crippen LogP) is 7.25. The fourth-order valence-electron chi connectivity index (χ4n) is 3.09. The van der Waals surface area contributed by atoms with Crippen molar-refractivity contribution in [1.82, 2.24) is 0 Å². The van der Waals surface area contributed by atoms with Gasteiger partial charge in [-0.1, -0.05) is 88.4 Å². The molecule has 2 nitrogen and oxygen atoms in total. The molecule has 3 aromatic carbocycles. The van der Waals surface area contributed by atoms with Crippen LogP contribution in [-0.4, -0.2) is 11.1 Å². The Balaban J connectivity index is 0.000000194. The maximum Gasteiger partial charge on any atom is 0.335 e. The van der Waals surface area contributed by atoms with Gasteiger partial charge in [0.25, 0.3) is 0 Å². The van der Waals surface area contributed by atoms with Gasteiger partial charge in [-0.05, 0) is 52.6 Å². The molecule has 0 saturated heterocycles. The summed E-state index contributed by atoms with van der Waals surface area (Å²) >= 11 is 0. The Bertz CT molecular complexity index is 882. The van der Waals surface area contributed by atoms with Crippen molar-refractivity contribution in [3.8, 4) is 0 Å². The molecular weight excluding hydrogens is 332 g/mol. The summed E-state index contributed by atoms with van der Waals surface area (Å²) < 4.78 is 0. The lowest BCUT2D eigenvalue weighted by Gasteiger charge is -2.11. The molecular formula is C25H30O2. The first-order valence-electron chi connectivity index (χ1n) is 9.78. The summed E-state index contributed by atoms with van der Waals surface area (Å²) in [7, 11) is 0. The summed E-state index contributed by atoms with van der Waals surface area (Å²) in [5, 5.41) is 11.6. The standard InChI is InChI=1S/C14H16.C11H14O2/c1-3-11(2)13-9-8-12-6-4-5-7-14(12)10-13;1-3-8(2)9-6-4-5-7-10(9)11(12)13/h4-11H,3H2,1-2H3;4-8H,3H2,1-2H3,(H,12,13). The van der Waals surface area contributed by atoms with E-state index in [1.807, 2.05) is 19.1 Å². The molecule has 27 heavy (non-hydrogen) atoms. The Labute approximate surface area is 162 Å². The number of rotatable bonds is 5. The third kappa shape index (κ3) is 5.43. The molecule has 2 unspecified atom stereocenters. The second-order valence-electron chi connectivity index (χ2n) is 7.12. The van der Waals surface area contributed by atoms with Crippen LogP contribution in [0.25, 0.3) is 10.8 Å². The topological polar surface area (TPSA) is 37.3 Å². The minimum Gasteiger partial charge on any atom is -0.478 e. The third-order valence-electron chi connectivity index (χ3n) is 5.29. The molecule has 0 spiro atoms. The number of aromatic carboxylic acids is 1. The molecule has 0 aliphatic carbocycles. The zero-order valence-corrected chi connectivity index (χ0v) is 16.8. The average molecular weight is 363 g/mol. The minimum atomic E-state index is -0.837. The monoisotopic (exact) mass is 362 g/mol. The molecule has 0 radical (unpaired) electrons. The van der Waals surface area contributed by atoms with E-state index in [2.05, 4.69) is 63.2 Å². The highest BCUT2D eigenvalue weighted by Gasteiger charge is 2.12. The van der Waals surface area contributed by atoms with Crippen molar-refractivity contribution in [3.63, 3.8) is 0 Å². The van der Waals surface area contributed by atoms with E-state index in [-0.39, 0.29) is 0 Å². The van der Waals surface area contributed by atoms with Gasteiger partial charge >= 0.3 is 5.97 Å². The molecule has 3 rings (SSSR count). The molecule has 2 heteroatoms. The second-order valence-corrected chi connectivity index (χ2v) is 7.12. The molecule has 0 aromatic heterocycles. The van der Waals surface area contributed by atoms with Gasteiger partial charge in [0.1, 0.15) is 0 Å². The first kappa shape index (κ1) is 20.7. The van der Waals surface area contributed by atoms with Crippen molar-refractivity contribution in [3.05, 3.63) is 83.4 Å². The summed E-state index contributed by atoms with van der Waals surface area (Å²) in [5.74, 6) is 0.141.